The summed E-state index contributed by atoms with van der Waals surface area (Å²) in [5.74, 6) is 0. The fraction of sp³-hybridized carbons (Fsp3) is 0.0714. The van der Waals surface area contributed by atoms with Crippen molar-refractivity contribution in [2.75, 3.05) is 0 Å². The average Bonchev–Trinajstić information content (AvgIpc) is 3.02. The van der Waals surface area contributed by atoms with E-state index in [-0.39, 0.29) is 10.8 Å². The maximum Gasteiger partial charge on any atom is 0.297 e. The Morgan fingerprint density at radius 3 is 1.82 bits per heavy atom. The number of aryl methyl sites for hydroxylation is 1. The largest absolute Gasteiger partial charge is 0.351 e. The number of nitrogens with one attached hydrogen (secondary N) is 1. The van der Waals surface area contributed by atoms with Crippen LogP contribution in [0.2, 0.25) is 0 Å². The van der Waals surface area contributed by atoms with E-state index in [1.165, 1.54) is 18.2 Å². The Morgan fingerprint density at radius 1 is 0.857 bits per heavy atom. The number of aromatic amines is 1. The van der Waals surface area contributed by atoms with Gasteiger partial charge < -0.3 is 4.98 Å². The van der Waals surface area contributed by atoms with Crippen molar-refractivity contribution in [1.82, 2.24) is 9.97 Å². The molecule has 14 heteroatoms. The first-order chi connectivity index (χ1) is 12.7. The van der Waals surface area contributed by atoms with Crippen molar-refractivity contribution in [2.45, 2.75) is 21.6 Å². The Hall–Kier alpha value is -2.36. The fourth-order valence-electron chi connectivity index (χ4n) is 2.30. The van der Waals surface area contributed by atoms with Gasteiger partial charge in [-0.3, -0.25) is 13.7 Å². The molecule has 0 aliphatic rings. The second kappa shape index (κ2) is 7.57. The summed E-state index contributed by atoms with van der Waals surface area (Å²) >= 11 is 0. The van der Waals surface area contributed by atoms with E-state index in [4.69, 9.17) is 9.11 Å². The van der Waals surface area contributed by atoms with E-state index in [0.717, 1.165) is 11.8 Å². The summed E-state index contributed by atoms with van der Waals surface area (Å²) in [7, 11) is -15.8. The summed E-state index contributed by atoms with van der Waals surface area (Å²) in [6, 6.07) is 5.69. The summed E-state index contributed by atoms with van der Waals surface area (Å²) in [6.45, 7) is 1.94. The summed E-state index contributed by atoms with van der Waals surface area (Å²) in [6.07, 6.45) is 3.51. The number of aromatic nitrogens is 2. The Kier molecular flexibility index (Phi) is 5.93. The van der Waals surface area contributed by atoms with E-state index in [2.05, 4.69) is 9.97 Å². The van der Waals surface area contributed by atoms with Gasteiger partial charge in [0, 0.05) is 11.6 Å². The van der Waals surface area contributed by atoms with Gasteiger partial charge in [-0.1, -0.05) is 24.3 Å². The maximum absolute atomic E-state index is 11.5. The van der Waals surface area contributed by atoms with E-state index >= 15 is 0 Å². The number of rotatable bonds is 3. The van der Waals surface area contributed by atoms with Crippen molar-refractivity contribution in [3.8, 4) is 0 Å². The Morgan fingerprint density at radius 2 is 1.43 bits per heavy atom. The fourth-order valence-corrected chi connectivity index (χ4v) is 5.70. The molecule has 0 saturated heterocycles. The van der Waals surface area contributed by atoms with Crippen molar-refractivity contribution in [1.29, 1.82) is 0 Å². The third-order valence-corrected chi connectivity index (χ3v) is 6.37. The summed E-state index contributed by atoms with van der Waals surface area (Å²) in [4.78, 5) is 2.37. The molecular formula is C14H14N2O9S3. The Balaban J connectivity index is 0.000000397. The molecule has 1 aromatic heterocycles. The lowest BCUT2D eigenvalue weighted by atomic mass is 10.1. The average molecular weight is 450 g/mol. The third kappa shape index (κ3) is 4.92. The van der Waals surface area contributed by atoms with Crippen molar-refractivity contribution in [3.05, 3.63) is 48.5 Å². The summed E-state index contributed by atoms with van der Waals surface area (Å²) < 4.78 is 96.0. The monoisotopic (exact) mass is 450 g/mol. The van der Waals surface area contributed by atoms with Crippen LogP contribution in [0.15, 0.2) is 57.5 Å². The maximum atomic E-state index is 11.5. The van der Waals surface area contributed by atoms with Gasteiger partial charge in [0.05, 0.1) is 12.0 Å². The Labute approximate surface area is 160 Å². The van der Waals surface area contributed by atoms with E-state index in [1.54, 1.807) is 6.33 Å². The van der Waals surface area contributed by atoms with Crippen LogP contribution in [0.4, 0.5) is 0 Å². The predicted molar refractivity (Wildman–Crippen MR) is 96.7 cm³/mol. The van der Waals surface area contributed by atoms with E-state index in [0.29, 0.717) is 6.07 Å². The molecule has 0 aliphatic heterocycles. The van der Waals surface area contributed by atoms with E-state index in [1.807, 2.05) is 13.1 Å². The molecule has 1 heterocycles. The standard InChI is InChI=1S/C10H8O9S3.C4H6N2/c11-20(12,13)8-5-6-3-1-2-4-7(6)9(21(14,15)16)10(8)22(17,18)19;1-4-2-5-3-6-4/h1-5H,(H,11,12,13)(H,14,15,16)(H,17,18,19);2-3H,1H3,(H,5,6). The number of fused-ring (bicyclic) bond motifs is 1. The van der Waals surface area contributed by atoms with Crippen LogP contribution in [0.3, 0.4) is 0 Å². The van der Waals surface area contributed by atoms with E-state index in [9.17, 15) is 29.8 Å². The molecule has 0 spiro atoms. The molecule has 4 N–H and O–H groups in total. The molecule has 0 saturated carbocycles. The van der Waals surface area contributed by atoms with Crippen molar-refractivity contribution in [2.24, 2.45) is 0 Å². The number of imidazole rings is 1. The lowest BCUT2D eigenvalue weighted by Crippen LogP contribution is -2.15. The molecule has 3 rings (SSSR count). The molecule has 0 amide bonds. The highest BCUT2D eigenvalue weighted by Gasteiger charge is 2.34. The minimum Gasteiger partial charge on any atom is -0.351 e. The van der Waals surface area contributed by atoms with Crippen LogP contribution in [-0.4, -0.2) is 48.9 Å². The van der Waals surface area contributed by atoms with Crippen molar-refractivity contribution in [3.63, 3.8) is 0 Å². The highest BCUT2D eigenvalue weighted by atomic mass is 32.2. The van der Waals surface area contributed by atoms with E-state index < -0.39 is 45.0 Å². The van der Waals surface area contributed by atoms with Crippen LogP contribution in [0.25, 0.3) is 10.8 Å². The second-order valence-corrected chi connectivity index (χ2v) is 9.50. The molecule has 152 valence electrons. The SMILES string of the molecule is Cc1c[nH]cn1.O=S(=O)(O)c1cc2ccccc2c(S(=O)(=O)O)c1S(=O)(=O)O. The molecule has 0 aliphatic carbocycles. The number of nitrogens with zero attached hydrogens (tertiary/aromatic N) is 1. The first-order valence-corrected chi connectivity index (χ1v) is 11.5. The number of hydrogen-bond acceptors (Lipinski definition) is 7. The minimum atomic E-state index is -5.40. The molecule has 0 radical (unpaired) electrons. The molecule has 0 unspecified atom stereocenters. The first kappa shape index (κ1) is 21.9. The van der Waals surface area contributed by atoms with Gasteiger partial charge in [-0.2, -0.15) is 25.3 Å². The van der Waals surface area contributed by atoms with Gasteiger partial charge >= 0.3 is 0 Å². The highest BCUT2D eigenvalue weighted by Crippen LogP contribution is 2.35. The summed E-state index contributed by atoms with van der Waals surface area (Å²) in [5, 5.41) is -0.430. The van der Waals surface area contributed by atoms with Gasteiger partial charge in [0.15, 0.2) is 0 Å². The lowest BCUT2D eigenvalue weighted by molar-refractivity contribution is 0.457. The number of H-pyrrole nitrogens is 1. The van der Waals surface area contributed by atoms with Crippen LogP contribution in [0.5, 0.6) is 0 Å². The van der Waals surface area contributed by atoms with Crippen LogP contribution < -0.4 is 0 Å². The Bertz CT molecular complexity index is 1330. The zero-order chi connectivity index (χ0) is 21.3. The van der Waals surface area contributed by atoms with Crippen molar-refractivity contribution >= 4 is 41.1 Å². The van der Waals surface area contributed by atoms with Gasteiger partial charge in [0.2, 0.25) is 0 Å². The van der Waals surface area contributed by atoms with Gasteiger partial charge in [0.1, 0.15) is 14.7 Å². The molecular weight excluding hydrogens is 436 g/mol. The number of hydrogen-bond donors (Lipinski definition) is 4. The van der Waals surface area contributed by atoms with Gasteiger partial charge in [-0.05, 0) is 18.4 Å². The third-order valence-electron chi connectivity index (χ3n) is 3.35. The molecule has 2 aromatic carbocycles. The zero-order valence-electron chi connectivity index (χ0n) is 14.0. The molecule has 28 heavy (non-hydrogen) atoms. The highest BCUT2D eigenvalue weighted by molar-refractivity contribution is 7.90. The van der Waals surface area contributed by atoms with Crippen LogP contribution in [-0.2, 0) is 30.4 Å². The minimum absolute atomic E-state index is 0.0878. The topological polar surface area (TPSA) is 192 Å². The van der Waals surface area contributed by atoms with Crippen LogP contribution in [0, 0.1) is 6.92 Å². The van der Waals surface area contributed by atoms with Crippen molar-refractivity contribution < 1.29 is 38.9 Å². The van der Waals surface area contributed by atoms with Crippen LogP contribution in [0.1, 0.15) is 5.69 Å². The molecule has 11 nitrogen and oxygen atoms in total. The van der Waals surface area contributed by atoms with Crippen LogP contribution >= 0.6 is 0 Å². The molecule has 0 atom stereocenters. The second-order valence-electron chi connectivity index (χ2n) is 5.39. The summed E-state index contributed by atoms with van der Waals surface area (Å²) in [5.41, 5.74) is 1.04. The first-order valence-electron chi connectivity index (χ1n) is 7.16. The van der Waals surface area contributed by atoms with Gasteiger partial charge in [-0.25, -0.2) is 4.98 Å². The quantitative estimate of drug-likeness (QED) is 0.423. The predicted octanol–water partition coefficient (Wildman–Crippen LogP) is 1.30. The number of benzene rings is 2. The zero-order valence-corrected chi connectivity index (χ0v) is 16.5. The lowest BCUT2D eigenvalue weighted by Gasteiger charge is -2.12. The molecule has 0 bridgehead atoms. The van der Waals surface area contributed by atoms with Gasteiger partial charge in [-0.15, -0.1) is 0 Å². The van der Waals surface area contributed by atoms with Gasteiger partial charge in [0.25, 0.3) is 30.4 Å². The normalized spacial score (nSPS) is 12.4. The molecule has 0 fully saturated rings. The molecule has 3 aromatic rings. The smallest absolute Gasteiger partial charge is 0.297 e.